The average molecular weight is 1880 g/mol. The topological polar surface area (TPSA) is 428 Å². The number of aliphatic hydroxyl groups is 3. The number of carbonyl (C=O) groups is 5. The number of ether oxygens (including phenoxy) is 7. The minimum absolute atomic E-state index is 0.0184. The number of anilines is 4. The SMILES string of the molecule is CO[C@H]1C[C@@H]2CC[C@@H](C)[C@@](O)(O2)C(=O)C(=O)N2CCCC[C@H]2C(=O)O[C@H]([C@H](C)C[C@@H]2CC[C@@H](O)[C@H](OC)C2)C[C@@H](OC)[C@H](C)/C=C(\C)[C@@H](O)[C@@H](OC)C(=NOCC(=O)N2CCc3nc(N4CCN(CCOCCN5CCN(c6ncc(C(=O)N7CCc8cc(Cn9nc(-c%10ccc%11oc(N)nc%11c%10)c%10c(N)ncnc%109)ccc8C7)cn6)CC5)CC4)ncc3C2)[C@H](C)C[C@H](C)/C=C/C=C/C=C/1C. The standard InChI is InChI=1S/C100H137N19O17/c1-61-17-13-12-14-18-62(2)81(128-8)51-75-25-20-67(7)100(127,136-75)91(123)95(125)118-30-16-15-19-78(118)96(126)134-83(64(4)47-68-22-26-79(120)84(49-68)130-10)52-82(129-9)63(3)46-66(6)89(122)90(131-11)87(65(5)45-61)111-133-59-85(121)116-32-29-76-74(58-116)55-105-99(109-76)115-39-35-113(36-40-115)42-44-132-43-41-112-33-37-114(38-34-112)98-103-53-73(54-104-98)94(124)117-31-28-70-48-69(21-23-72(70)57-117)56-119-93-86(92(101)106-60-107-93)88(110-119)71-24-27-80-77(50-71)108-97(102)135-80/h12-14,17-18,21,23-24,27,46,48,50,53-55,60-61,63-65,67-68,75,78-79,81-84,89-90,120,122,127H,15-16,19-20,22,25-26,28-45,47,49,51-52,56-59H2,1-11H3,(H2,102,108)(H2,101,106,107)/b14-12+,17-13+,62-18+,66-46+,111-87?/t61-,63-,64-,65-,67-,68+,75+,78+,79-,81+,82-,83+,84-,89-,90+,100-/m1/s1. The number of aliphatic hydroxyl groups excluding tert-OH is 2. The molecule has 5 fully saturated rings. The number of piperidine rings is 1. The van der Waals surface area contributed by atoms with Gasteiger partial charge in [0.1, 0.15) is 47.7 Å². The Morgan fingerprint density at radius 2 is 1.43 bits per heavy atom. The Hall–Kier alpha value is -10.6. The number of nitrogens with two attached hydrogens (primary N) is 2. The average Bonchev–Trinajstić information content (AvgIpc) is 1.51. The van der Waals surface area contributed by atoms with Gasteiger partial charge in [0.15, 0.2) is 17.8 Å². The number of nitrogen functional groups attached to an aromatic ring is 2. The molecule has 15 rings (SSSR count). The van der Waals surface area contributed by atoms with E-state index in [4.69, 9.17) is 74.1 Å². The number of nitrogens with zero attached hydrogens (tertiary/aromatic N) is 17. The summed E-state index contributed by atoms with van der Waals surface area (Å²) < 4.78 is 50.7. The number of Topliss-reactive ketones (excluding diaryl/α,β-unsaturated/α-hetero) is 1. The number of rotatable bonds is 22. The molecule has 12 heterocycles. The van der Waals surface area contributed by atoms with Crippen molar-refractivity contribution in [2.45, 2.75) is 219 Å². The summed E-state index contributed by atoms with van der Waals surface area (Å²) in [6.07, 6.45) is 19.8. The van der Waals surface area contributed by atoms with Gasteiger partial charge in [-0.05, 0) is 148 Å². The second-order valence-electron chi connectivity index (χ2n) is 38.4. The van der Waals surface area contributed by atoms with Gasteiger partial charge in [-0.1, -0.05) is 94.4 Å². The molecule has 7 N–H and O–H groups in total. The van der Waals surface area contributed by atoms with Gasteiger partial charge in [0.05, 0.1) is 72.6 Å². The van der Waals surface area contributed by atoms with Crippen LogP contribution in [-0.2, 0) is 89.6 Å². The van der Waals surface area contributed by atoms with Crippen LogP contribution in [0.1, 0.15) is 164 Å². The van der Waals surface area contributed by atoms with Crippen molar-refractivity contribution in [3.8, 4) is 11.3 Å². The van der Waals surface area contributed by atoms with E-state index in [9.17, 15) is 39.3 Å². The predicted molar refractivity (Wildman–Crippen MR) is 512 cm³/mol. The van der Waals surface area contributed by atoms with Gasteiger partial charge < -0.3 is 93.7 Å². The molecule has 0 radical (unpaired) electrons. The molecule has 36 nitrogen and oxygen atoms in total. The third-order valence-electron chi connectivity index (χ3n) is 29.0. The van der Waals surface area contributed by atoms with Crippen LogP contribution in [0.3, 0.4) is 0 Å². The maximum absolute atomic E-state index is 14.9. The molecule has 5 aromatic heterocycles. The van der Waals surface area contributed by atoms with E-state index in [1.807, 2.05) is 92.9 Å². The second kappa shape index (κ2) is 45.8. The molecular formula is C100H137N19O17. The number of methoxy groups -OCH3 is 4. The summed E-state index contributed by atoms with van der Waals surface area (Å²) in [5.74, 6) is -5.59. The van der Waals surface area contributed by atoms with Crippen molar-refractivity contribution in [1.29, 1.82) is 0 Å². The fourth-order valence-electron chi connectivity index (χ4n) is 20.7. The summed E-state index contributed by atoms with van der Waals surface area (Å²) in [6.45, 7) is 24.7. The van der Waals surface area contributed by atoms with Crippen LogP contribution in [0.2, 0.25) is 0 Å². The zero-order valence-electron chi connectivity index (χ0n) is 80.5. The van der Waals surface area contributed by atoms with Gasteiger partial charge >= 0.3 is 5.97 Å². The van der Waals surface area contributed by atoms with Crippen molar-refractivity contribution in [2.75, 3.05) is 155 Å². The van der Waals surface area contributed by atoms with E-state index in [1.165, 1.54) is 23.9 Å². The summed E-state index contributed by atoms with van der Waals surface area (Å²) in [6, 6.07) is 10.9. The quantitative estimate of drug-likeness (QED) is 0.0139. The van der Waals surface area contributed by atoms with Crippen LogP contribution < -0.4 is 21.3 Å². The van der Waals surface area contributed by atoms with Crippen LogP contribution in [0.15, 0.2) is 118 Å². The van der Waals surface area contributed by atoms with E-state index in [0.29, 0.717) is 179 Å². The third kappa shape index (κ3) is 23.8. The number of allylic oxidation sites excluding steroid dienone is 5. The normalized spacial score (nSPS) is 29.0. The second-order valence-corrected chi connectivity index (χ2v) is 38.4. The van der Waals surface area contributed by atoms with Crippen molar-refractivity contribution in [3.63, 3.8) is 0 Å². The van der Waals surface area contributed by atoms with Crippen molar-refractivity contribution in [1.82, 2.24) is 69.2 Å². The monoisotopic (exact) mass is 1880 g/mol. The number of oxazole rings is 1. The Morgan fingerprint density at radius 3 is 2.16 bits per heavy atom. The summed E-state index contributed by atoms with van der Waals surface area (Å²) in [5.41, 5.74) is 22.8. The molecule has 4 saturated heterocycles. The number of oxime groups is 1. The van der Waals surface area contributed by atoms with E-state index < -0.39 is 78.1 Å². The molecule has 0 unspecified atom stereocenters. The van der Waals surface area contributed by atoms with Gasteiger partial charge in [-0.25, -0.2) is 39.4 Å². The van der Waals surface area contributed by atoms with E-state index in [2.05, 4.69) is 75.7 Å². The molecule has 8 aliphatic rings. The first-order valence-corrected chi connectivity index (χ1v) is 48.5. The van der Waals surface area contributed by atoms with Crippen LogP contribution in [0.25, 0.3) is 33.4 Å². The highest BCUT2D eigenvalue weighted by Crippen LogP contribution is 2.41. The minimum Gasteiger partial charge on any atom is -0.460 e. The molecule has 1 saturated carbocycles. The van der Waals surface area contributed by atoms with Gasteiger partial charge in [0.25, 0.3) is 29.5 Å². The lowest BCUT2D eigenvalue weighted by Gasteiger charge is -2.43. The number of carbonyl (C=O) groups excluding carboxylic acids is 5. The third-order valence-corrected chi connectivity index (χ3v) is 29.0. The molecule has 36 heteroatoms. The number of esters is 1. The largest absolute Gasteiger partial charge is 0.460 e. The van der Waals surface area contributed by atoms with Crippen molar-refractivity contribution < 1.29 is 81.7 Å². The van der Waals surface area contributed by atoms with E-state index >= 15 is 0 Å². The highest BCUT2D eigenvalue weighted by molar-refractivity contribution is 6.39. The number of cyclic esters (lactones) is 1. The molecule has 2 bridgehead atoms. The van der Waals surface area contributed by atoms with Crippen LogP contribution in [-0.4, -0.2) is 314 Å². The summed E-state index contributed by atoms with van der Waals surface area (Å²) in [5, 5.41) is 45.9. The van der Waals surface area contributed by atoms with Gasteiger partial charge in [0.2, 0.25) is 17.7 Å². The Balaban J connectivity index is 0.515. The maximum atomic E-state index is 14.9. The number of piperazine rings is 2. The summed E-state index contributed by atoms with van der Waals surface area (Å²) in [4.78, 5) is 125. The zero-order valence-corrected chi connectivity index (χ0v) is 80.5. The molecule has 16 atom stereocenters. The first-order valence-electron chi connectivity index (χ1n) is 48.5. The Kier molecular flexibility index (Phi) is 33.6. The molecule has 7 aromatic rings. The number of ketones is 1. The van der Waals surface area contributed by atoms with Gasteiger partial charge in [0, 0.05) is 193 Å². The van der Waals surface area contributed by atoms with E-state index in [1.54, 1.807) is 51.6 Å². The highest BCUT2D eigenvalue weighted by Gasteiger charge is 2.54. The molecule has 3 amide bonds. The Bertz CT molecular complexity index is 5460. The molecule has 2 aromatic carbocycles. The molecule has 1 aliphatic carbocycles. The van der Waals surface area contributed by atoms with Gasteiger partial charge in [-0.3, -0.25) is 29.0 Å². The lowest BCUT2D eigenvalue weighted by atomic mass is 9.78. The first-order chi connectivity index (χ1) is 65.6. The number of hydrogen-bond donors (Lipinski definition) is 5. The van der Waals surface area contributed by atoms with Crippen LogP contribution in [0.5, 0.6) is 0 Å². The minimum atomic E-state index is -2.45. The van der Waals surface area contributed by atoms with Crippen LogP contribution >= 0.6 is 0 Å². The Morgan fingerprint density at radius 1 is 0.699 bits per heavy atom. The number of aromatic nitrogens is 9. The molecule has 136 heavy (non-hydrogen) atoms. The van der Waals surface area contributed by atoms with Crippen LogP contribution in [0.4, 0.5) is 23.7 Å². The van der Waals surface area contributed by atoms with Crippen LogP contribution in [0, 0.1) is 35.5 Å². The molecule has 0 spiro atoms. The molecule has 734 valence electrons. The number of fused-ring (bicyclic) bond motifs is 7. The fourth-order valence-corrected chi connectivity index (χ4v) is 20.7. The fraction of sp³-hybridized carbons (Fsp3) is 0.600. The summed E-state index contributed by atoms with van der Waals surface area (Å²) in [7, 11) is 6.30. The highest BCUT2D eigenvalue weighted by atomic mass is 16.6. The van der Waals surface area contributed by atoms with Crippen molar-refractivity contribution in [2.24, 2.45) is 40.7 Å². The lowest BCUT2D eigenvalue weighted by molar-refractivity contribution is -0.265. The van der Waals surface area contributed by atoms with Crippen molar-refractivity contribution >= 4 is 81.0 Å². The van der Waals surface area contributed by atoms with Crippen molar-refractivity contribution in [3.05, 3.63) is 142 Å². The predicted octanol–water partition coefficient (Wildman–Crippen LogP) is 8.91. The summed E-state index contributed by atoms with van der Waals surface area (Å²) >= 11 is 0. The maximum Gasteiger partial charge on any atom is 0.329 e. The first kappa shape index (κ1) is 99.8. The number of benzene rings is 2. The van der Waals surface area contributed by atoms with E-state index in [-0.39, 0.29) is 79.5 Å². The van der Waals surface area contributed by atoms with Gasteiger partial charge in [-0.15, -0.1) is 0 Å². The zero-order chi connectivity index (χ0) is 96.0. The Labute approximate surface area is 795 Å². The molecular weight excluding hydrogens is 1740 g/mol. The molecule has 7 aliphatic heterocycles. The lowest BCUT2D eigenvalue weighted by Crippen LogP contribution is -2.61. The smallest absolute Gasteiger partial charge is 0.329 e. The van der Waals surface area contributed by atoms with Gasteiger partial charge in [-0.2, -0.15) is 10.1 Å². The number of amides is 3. The number of hydrogen-bond acceptors (Lipinski definition) is 32. The van der Waals surface area contributed by atoms with E-state index in [0.717, 1.165) is 105 Å².